The Morgan fingerprint density at radius 1 is 1.17 bits per heavy atom. The first-order valence-electron chi connectivity index (χ1n) is 9.24. The molecule has 6 heteroatoms. The third-order valence-corrected chi connectivity index (χ3v) is 5.63. The molecule has 132 valence electrons. The molecular weight excluding hydrogens is 294 g/mol. The molecule has 23 heavy (non-hydrogen) atoms. The van der Waals surface area contributed by atoms with Crippen LogP contribution in [0.5, 0.6) is 0 Å². The number of hydrogen-bond acceptors (Lipinski definition) is 4. The van der Waals surface area contributed by atoms with Crippen LogP contribution < -0.4 is 10.6 Å². The summed E-state index contributed by atoms with van der Waals surface area (Å²) in [5.74, 6) is 0. The third kappa shape index (κ3) is 4.58. The van der Waals surface area contributed by atoms with Crippen molar-refractivity contribution in [2.75, 3.05) is 32.8 Å². The van der Waals surface area contributed by atoms with Crippen LogP contribution in [0.3, 0.4) is 0 Å². The van der Waals surface area contributed by atoms with Gasteiger partial charge in [0.2, 0.25) is 0 Å². The van der Waals surface area contributed by atoms with Crippen molar-refractivity contribution in [2.24, 2.45) is 0 Å². The van der Waals surface area contributed by atoms with E-state index in [0.717, 1.165) is 6.04 Å². The molecule has 0 radical (unpaired) electrons. The minimum Gasteiger partial charge on any atom is -0.386 e. The minimum absolute atomic E-state index is 0.180. The molecule has 3 rings (SSSR count). The van der Waals surface area contributed by atoms with Gasteiger partial charge in [0.1, 0.15) is 5.60 Å². The summed E-state index contributed by atoms with van der Waals surface area (Å²) in [6.07, 6.45) is 9.71. The average molecular weight is 325 g/mol. The van der Waals surface area contributed by atoms with Crippen molar-refractivity contribution in [2.45, 2.75) is 69.1 Å². The first-order chi connectivity index (χ1) is 11.2. The Balaban J connectivity index is 1.39. The molecule has 1 saturated carbocycles. The summed E-state index contributed by atoms with van der Waals surface area (Å²) in [7, 11) is 0. The van der Waals surface area contributed by atoms with Gasteiger partial charge in [-0.3, -0.25) is 4.90 Å². The second-order valence-corrected chi connectivity index (χ2v) is 7.42. The van der Waals surface area contributed by atoms with Crippen molar-refractivity contribution in [3.05, 3.63) is 0 Å². The quantitative estimate of drug-likeness (QED) is 0.711. The van der Waals surface area contributed by atoms with Crippen LogP contribution in [0.25, 0.3) is 0 Å². The molecule has 0 aromatic heterocycles. The molecule has 2 aliphatic heterocycles. The number of aliphatic hydroxyl groups is 1. The lowest BCUT2D eigenvalue weighted by atomic mass is 9.94. The number of carbonyl (C=O) groups excluding carboxylic acids is 1. The van der Waals surface area contributed by atoms with Crippen molar-refractivity contribution in [3.8, 4) is 0 Å². The molecule has 2 heterocycles. The van der Waals surface area contributed by atoms with Crippen LogP contribution >= 0.6 is 0 Å². The maximum atomic E-state index is 12.0. The van der Waals surface area contributed by atoms with Crippen LogP contribution in [0.4, 0.5) is 4.79 Å². The third-order valence-electron chi connectivity index (χ3n) is 5.63. The summed E-state index contributed by atoms with van der Waals surface area (Å²) in [6.45, 7) is 3.02. The molecular formula is C17H31N3O3. The van der Waals surface area contributed by atoms with Gasteiger partial charge in [-0.1, -0.05) is 19.3 Å². The molecule has 2 saturated heterocycles. The average Bonchev–Trinajstić information content (AvgIpc) is 3.21. The highest BCUT2D eigenvalue weighted by Gasteiger charge is 2.33. The highest BCUT2D eigenvalue weighted by atomic mass is 16.5. The van der Waals surface area contributed by atoms with E-state index in [-0.39, 0.29) is 12.6 Å². The van der Waals surface area contributed by atoms with Crippen molar-refractivity contribution in [3.63, 3.8) is 0 Å². The predicted molar refractivity (Wildman–Crippen MR) is 88.4 cm³/mol. The summed E-state index contributed by atoms with van der Waals surface area (Å²) in [5.41, 5.74) is -0.890. The lowest BCUT2D eigenvalue weighted by molar-refractivity contribution is 0.0291. The van der Waals surface area contributed by atoms with E-state index in [1.165, 1.54) is 51.5 Å². The maximum absolute atomic E-state index is 12.0. The standard InChI is InChI=1S/C17H31N3O3/c21-16(19-12-17(22)8-10-23-13-17)18-11-15-7-4-9-20(15)14-5-2-1-3-6-14/h14-15,22H,1-13H2,(H2,18,19,21)/t15-,17+/m0/s1. The zero-order valence-corrected chi connectivity index (χ0v) is 14.1. The van der Waals surface area contributed by atoms with Gasteiger partial charge in [0.05, 0.1) is 13.2 Å². The molecule has 0 unspecified atom stereocenters. The molecule has 0 aromatic rings. The number of likely N-dealkylation sites (tertiary alicyclic amines) is 1. The van der Waals surface area contributed by atoms with Gasteiger partial charge in [-0.15, -0.1) is 0 Å². The molecule has 1 aliphatic carbocycles. The van der Waals surface area contributed by atoms with Gasteiger partial charge >= 0.3 is 6.03 Å². The zero-order valence-electron chi connectivity index (χ0n) is 14.1. The van der Waals surface area contributed by atoms with Crippen LogP contribution in [0.15, 0.2) is 0 Å². The number of amides is 2. The Bertz CT molecular complexity index is 393. The number of nitrogens with one attached hydrogen (secondary N) is 2. The Morgan fingerprint density at radius 2 is 2.00 bits per heavy atom. The van der Waals surface area contributed by atoms with Crippen LogP contribution in [-0.2, 0) is 4.74 Å². The summed E-state index contributed by atoms with van der Waals surface area (Å²) < 4.78 is 5.19. The van der Waals surface area contributed by atoms with Crippen LogP contribution in [0, 0.1) is 0 Å². The summed E-state index contributed by atoms with van der Waals surface area (Å²) in [5, 5.41) is 15.9. The number of ether oxygens (including phenoxy) is 1. The molecule has 6 nitrogen and oxygen atoms in total. The van der Waals surface area contributed by atoms with Crippen molar-refractivity contribution >= 4 is 6.03 Å². The van der Waals surface area contributed by atoms with Gasteiger partial charge in [0, 0.05) is 31.7 Å². The molecule has 0 spiro atoms. The van der Waals surface area contributed by atoms with E-state index in [1.807, 2.05) is 0 Å². The van der Waals surface area contributed by atoms with E-state index >= 15 is 0 Å². The first kappa shape index (κ1) is 17.0. The highest BCUT2D eigenvalue weighted by Crippen LogP contribution is 2.28. The Morgan fingerprint density at radius 3 is 2.74 bits per heavy atom. The smallest absolute Gasteiger partial charge is 0.314 e. The van der Waals surface area contributed by atoms with Crippen molar-refractivity contribution in [1.29, 1.82) is 0 Å². The normalized spacial score (nSPS) is 33.0. The maximum Gasteiger partial charge on any atom is 0.314 e. The van der Waals surface area contributed by atoms with Gasteiger partial charge in [0.15, 0.2) is 0 Å². The molecule has 2 atom stereocenters. The minimum atomic E-state index is -0.890. The molecule has 2 amide bonds. The second-order valence-electron chi connectivity index (χ2n) is 7.42. The summed E-state index contributed by atoms with van der Waals surface area (Å²) in [4.78, 5) is 14.6. The fraction of sp³-hybridized carbons (Fsp3) is 0.941. The van der Waals surface area contributed by atoms with Crippen LogP contribution in [-0.4, -0.2) is 66.6 Å². The second kappa shape index (κ2) is 7.81. The summed E-state index contributed by atoms with van der Waals surface area (Å²) in [6, 6.07) is 1.01. The number of carbonyl (C=O) groups is 1. The first-order valence-corrected chi connectivity index (χ1v) is 9.24. The number of nitrogens with zero attached hydrogens (tertiary/aromatic N) is 1. The zero-order chi connectivity index (χ0) is 16.1. The monoisotopic (exact) mass is 325 g/mol. The van der Waals surface area contributed by atoms with Gasteiger partial charge in [0.25, 0.3) is 0 Å². The molecule has 0 aromatic carbocycles. The van der Waals surface area contributed by atoms with E-state index in [1.54, 1.807) is 0 Å². The molecule has 3 fully saturated rings. The van der Waals surface area contributed by atoms with Gasteiger partial charge in [-0.2, -0.15) is 0 Å². The fourth-order valence-electron chi connectivity index (χ4n) is 4.22. The number of hydrogen-bond donors (Lipinski definition) is 3. The predicted octanol–water partition coefficient (Wildman–Crippen LogP) is 1.23. The molecule has 3 N–H and O–H groups in total. The van der Waals surface area contributed by atoms with Crippen molar-refractivity contribution < 1.29 is 14.6 Å². The Kier molecular flexibility index (Phi) is 5.77. The number of urea groups is 1. The van der Waals surface area contributed by atoms with Gasteiger partial charge in [-0.05, 0) is 32.2 Å². The number of rotatable bonds is 5. The van der Waals surface area contributed by atoms with E-state index < -0.39 is 5.60 Å². The van der Waals surface area contributed by atoms with Gasteiger partial charge < -0.3 is 20.5 Å². The van der Waals surface area contributed by atoms with E-state index in [2.05, 4.69) is 15.5 Å². The Labute approximate surface area is 138 Å². The van der Waals surface area contributed by atoms with E-state index in [9.17, 15) is 9.90 Å². The SMILES string of the molecule is O=C(NC[C@@H]1CCCN1C1CCCCC1)NC[C@]1(O)CCOC1. The van der Waals surface area contributed by atoms with E-state index in [0.29, 0.717) is 32.2 Å². The lowest BCUT2D eigenvalue weighted by Gasteiger charge is -2.35. The van der Waals surface area contributed by atoms with Gasteiger partial charge in [-0.25, -0.2) is 4.79 Å². The largest absolute Gasteiger partial charge is 0.386 e. The fourth-order valence-corrected chi connectivity index (χ4v) is 4.22. The topological polar surface area (TPSA) is 73.8 Å². The lowest BCUT2D eigenvalue weighted by Crippen LogP contribution is -2.50. The van der Waals surface area contributed by atoms with Crippen LogP contribution in [0.1, 0.15) is 51.4 Å². The molecule has 0 bridgehead atoms. The van der Waals surface area contributed by atoms with Crippen LogP contribution in [0.2, 0.25) is 0 Å². The summed E-state index contributed by atoms with van der Waals surface area (Å²) >= 11 is 0. The molecule has 3 aliphatic rings. The highest BCUT2D eigenvalue weighted by molar-refractivity contribution is 5.73. The Hall–Kier alpha value is -0.850. The van der Waals surface area contributed by atoms with E-state index in [4.69, 9.17) is 4.74 Å². The van der Waals surface area contributed by atoms with Crippen molar-refractivity contribution in [1.82, 2.24) is 15.5 Å².